The van der Waals surface area contributed by atoms with Gasteiger partial charge < -0.3 is 9.47 Å². The zero-order valence-corrected chi connectivity index (χ0v) is 17.3. The van der Waals surface area contributed by atoms with Gasteiger partial charge in [0.1, 0.15) is 11.5 Å². The van der Waals surface area contributed by atoms with Crippen LogP contribution in [0.4, 0.5) is 0 Å². The van der Waals surface area contributed by atoms with Crippen LogP contribution in [0.1, 0.15) is 36.5 Å². The highest BCUT2D eigenvalue weighted by Gasteiger charge is 2.14. The predicted molar refractivity (Wildman–Crippen MR) is 103 cm³/mol. The largest absolute Gasteiger partial charge is 0.482 e. The lowest BCUT2D eigenvalue weighted by atomic mass is 10.0. The molecule has 0 aliphatic carbocycles. The molecular formula is C19H20Br2O3. The molecule has 0 saturated carbocycles. The van der Waals surface area contributed by atoms with Crippen molar-refractivity contribution < 1.29 is 14.3 Å². The van der Waals surface area contributed by atoms with Gasteiger partial charge >= 0.3 is 5.97 Å². The van der Waals surface area contributed by atoms with E-state index >= 15 is 0 Å². The number of ether oxygens (including phenoxy) is 2. The van der Waals surface area contributed by atoms with Gasteiger partial charge in [-0.25, -0.2) is 4.79 Å². The molecule has 0 spiro atoms. The molecule has 0 aliphatic heterocycles. The van der Waals surface area contributed by atoms with Gasteiger partial charge in [-0.05, 0) is 76.7 Å². The molecule has 5 heteroatoms. The summed E-state index contributed by atoms with van der Waals surface area (Å²) in [5.41, 5.74) is 3.20. The van der Waals surface area contributed by atoms with Gasteiger partial charge in [0.05, 0.1) is 4.47 Å². The van der Waals surface area contributed by atoms with E-state index in [2.05, 4.69) is 45.7 Å². The highest BCUT2D eigenvalue weighted by atomic mass is 79.9. The quantitative estimate of drug-likeness (QED) is 0.413. The summed E-state index contributed by atoms with van der Waals surface area (Å²) in [4.78, 5) is 12.1. The van der Waals surface area contributed by atoms with Crippen LogP contribution in [0.5, 0.6) is 11.5 Å². The number of rotatable bonds is 5. The minimum atomic E-state index is -0.435. The first-order chi connectivity index (χ1) is 11.3. The molecule has 2 aromatic rings. The van der Waals surface area contributed by atoms with Crippen LogP contribution in [0, 0.1) is 13.8 Å². The lowest BCUT2D eigenvalue weighted by molar-refractivity contribution is -0.136. The van der Waals surface area contributed by atoms with Crippen LogP contribution in [0.25, 0.3) is 0 Å². The Morgan fingerprint density at radius 2 is 1.75 bits per heavy atom. The normalized spacial score (nSPS) is 10.8. The SMILES string of the molecule is Cc1ccc(OC(=O)COc2cc(C)c(Br)cc2C(C)C)c(Br)c1. The van der Waals surface area contributed by atoms with Crippen LogP contribution in [-0.4, -0.2) is 12.6 Å². The molecule has 0 fully saturated rings. The number of hydrogen-bond donors (Lipinski definition) is 0. The maximum atomic E-state index is 12.1. The summed E-state index contributed by atoms with van der Waals surface area (Å²) < 4.78 is 12.9. The van der Waals surface area contributed by atoms with E-state index in [1.54, 1.807) is 6.07 Å². The Bertz CT molecular complexity index is 755. The summed E-state index contributed by atoms with van der Waals surface area (Å²) in [6.45, 7) is 8.00. The fourth-order valence-corrected chi connectivity index (χ4v) is 3.16. The zero-order chi connectivity index (χ0) is 17.9. The number of halogens is 2. The van der Waals surface area contributed by atoms with Gasteiger partial charge in [-0.1, -0.05) is 35.8 Å². The lowest BCUT2D eigenvalue weighted by Gasteiger charge is -2.16. The number of aryl methyl sites for hydroxylation is 2. The topological polar surface area (TPSA) is 35.5 Å². The second kappa shape index (κ2) is 8.17. The lowest BCUT2D eigenvalue weighted by Crippen LogP contribution is -2.18. The van der Waals surface area contributed by atoms with Crippen molar-refractivity contribution in [2.24, 2.45) is 0 Å². The van der Waals surface area contributed by atoms with Crippen molar-refractivity contribution in [3.8, 4) is 11.5 Å². The van der Waals surface area contributed by atoms with E-state index < -0.39 is 5.97 Å². The zero-order valence-electron chi connectivity index (χ0n) is 14.2. The molecule has 0 saturated heterocycles. The first-order valence-electron chi connectivity index (χ1n) is 7.67. The van der Waals surface area contributed by atoms with Gasteiger partial charge in [0, 0.05) is 4.47 Å². The van der Waals surface area contributed by atoms with Crippen molar-refractivity contribution in [1.29, 1.82) is 0 Å². The highest BCUT2D eigenvalue weighted by Crippen LogP contribution is 2.32. The number of benzene rings is 2. The summed E-state index contributed by atoms with van der Waals surface area (Å²) in [6.07, 6.45) is 0. The molecule has 3 nitrogen and oxygen atoms in total. The average Bonchev–Trinajstić information content (AvgIpc) is 2.50. The van der Waals surface area contributed by atoms with E-state index in [0.29, 0.717) is 17.4 Å². The van der Waals surface area contributed by atoms with Crippen LogP contribution in [-0.2, 0) is 4.79 Å². The average molecular weight is 456 g/mol. The molecule has 2 rings (SSSR count). The number of carbonyl (C=O) groups is 1. The monoisotopic (exact) mass is 454 g/mol. The van der Waals surface area contributed by atoms with Gasteiger partial charge in [0.2, 0.25) is 0 Å². The Kier molecular flexibility index (Phi) is 6.47. The van der Waals surface area contributed by atoms with Crippen LogP contribution < -0.4 is 9.47 Å². The maximum absolute atomic E-state index is 12.1. The number of carbonyl (C=O) groups excluding carboxylic acids is 1. The maximum Gasteiger partial charge on any atom is 0.349 e. The predicted octanol–water partition coefficient (Wildman–Crippen LogP) is 5.94. The summed E-state index contributed by atoms with van der Waals surface area (Å²) in [7, 11) is 0. The third-order valence-corrected chi connectivity index (χ3v) is 5.04. The van der Waals surface area contributed by atoms with E-state index in [-0.39, 0.29) is 6.61 Å². The van der Waals surface area contributed by atoms with E-state index in [0.717, 1.165) is 25.6 Å². The fourth-order valence-electron chi connectivity index (χ4n) is 2.22. The molecule has 0 atom stereocenters. The number of hydrogen-bond acceptors (Lipinski definition) is 3. The molecule has 2 aromatic carbocycles. The van der Waals surface area contributed by atoms with Crippen molar-refractivity contribution in [3.63, 3.8) is 0 Å². The van der Waals surface area contributed by atoms with Gasteiger partial charge in [-0.2, -0.15) is 0 Å². The minimum Gasteiger partial charge on any atom is -0.482 e. The van der Waals surface area contributed by atoms with Crippen LogP contribution in [0.2, 0.25) is 0 Å². The summed E-state index contributed by atoms with van der Waals surface area (Å²) in [5, 5.41) is 0. The summed E-state index contributed by atoms with van der Waals surface area (Å²) >= 11 is 6.93. The smallest absolute Gasteiger partial charge is 0.349 e. The van der Waals surface area contributed by atoms with Gasteiger partial charge in [0.15, 0.2) is 6.61 Å². The molecule has 0 radical (unpaired) electrons. The molecule has 0 unspecified atom stereocenters. The Labute approximate surface area is 159 Å². The van der Waals surface area contributed by atoms with Gasteiger partial charge in [-0.15, -0.1) is 0 Å². The first kappa shape index (κ1) is 19.0. The van der Waals surface area contributed by atoms with Gasteiger partial charge in [-0.3, -0.25) is 0 Å². The highest BCUT2D eigenvalue weighted by molar-refractivity contribution is 9.10. The molecule has 128 valence electrons. The van der Waals surface area contributed by atoms with Crippen molar-refractivity contribution in [1.82, 2.24) is 0 Å². The van der Waals surface area contributed by atoms with E-state index in [4.69, 9.17) is 9.47 Å². The Morgan fingerprint density at radius 3 is 2.38 bits per heavy atom. The third kappa shape index (κ3) is 4.84. The van der Waals surface area contributed by atoms with E-state index in [1.807, 2.05) is 38.1 Å². The van der Waals surface area contributed by atoms with Crippen molar-refractivity contribution >= 4 is 37.8 Å². The van der Waals surface area contributed by atoms with Crippen molar-refractivity contribution in [2.75, 3.05) is 6.61 Å². The summed E-state index contributed by atoms with van der Waals surface area (Å²) in [5.74, 6) is 1.06. The second-order valence-corrected chi connectivity index (χ2v) is 7.70. The second-order valence-electron chi connectivity index (χ2n) is 5.99. The fraction of sp³-hybridized carbons (Fsp3) is 0.316. The van der Waals surface area contributed by atoms with Crippen molar-refractivity contribution in [3.05, 3.63) is 56.0 Å². The minimum absolute atomic E-state index is 0.138. The van der Waals surface area contributed by atoms with Crippen molar-refractivity contribution in [2.45, 2.75) is 33.6 Å². The third-order valence-electron chi connectivity index (χ3n) is 3.57. The molecule has 0 aliphatic rings. The molecule has 0 bridgehead atoms. The van der Waals surface area contributed by atoms with Crippen LogP contribution in [0.3, 0.4) is 0 Å². The molecule has 0 N–H and O–H groups in total. The Hall–Kier alpha value is -1.33. The molecular weight excluding hydrogens is 436 g/mol. The molecule has 0 aromatic heterocycles. The Morgan fingerprint density at radius 1 is 1.04 bits per heavy atom. The first-order valence-corrected chi connectivity index (χ1v) is 9.26. The van der Waals surface area contributed by atoms with E-state index in [1.165, 1.54) is 0 Å². The molecule has 0 amide bonds. The van der Waals surface area contributed by atoms with Crippen LogP contribution >= 0.6 is 31.9 Å². The van der Waals surface area contributed by atoms with Crippen LogP contribution in [0.15, 0.2) is 39.3 Å². The standard InChI is InChI=1S/C19H20Br2O3/c1-11(2)14-9-15(20)13(4)8-18(14)23-10-19(22)24-17-6-5-12(3)7-16(17)21/h5-9,11H,10H2,1-4H3. The van der Waals surface area contributed by atoms with Gasteiger partial charge in [0.25, 0.3) is 0 Å². The Balaban J connectivity index is 2.07. The summed E-state index contributed by atoms with van der Waals surface area (Å²) in [6, 6.07) is 9.54. The number of esters is 1. The van der Waals surface area contributed by atoms with E-state index in [9.17, 15) is 4.79 Å². The molecule has 24 heavy (non-hydrogen) atoms. The molecule has 0 heterocycles.